The molecule has 0 aromatic rings. The second-order valence-electron chi connectivity index (χ2n) is 13.1. The first kappa shape index (κ1) is 22.6. The summed E-state index contributed by atoms with van der Waals surface area (Å²) in [6.07, 6.45) is 16.1. The average Bonchev–Trinajstić information content (AvgIpc) is 2.83. The third kappa shape index (κ3) is 3.65. The summed E-state index contributed by atoms with van der Waals surface area (Å²) in [5, 5.41) is 0. The van der Waals surface area contributed by atoms with Crippen LogP contribution >= 0.6 is 0 Å². The van der Waals surface area contributed by atoms with E-state index in [-0.39, 0.29) is 11.0 Å². The van der Waals surface area contributed by atoms with Gasteiger partial charge in [-0.15, -0.1) is 0 Å². The second kappa shape index (κ2) is 6.95. The van der Waals surface area contributed by atoms with Gasteiger partial charge in [0.25, 0.3) is 0 Å². The van der Waals surface area contributed by atoms with Crippen LogP contribution in [0, 0.1) is 28.6 Å². The van der Waals surface area contributed by atoms with Gasteiger partial charge in [-0.05, 0) is 119 Å². The van der Waals surface area contributed by atoms with Crippen LogP contribution in [0.25, 0.3) is 0 Å². The molecule has 2 saturated carbocycles. The van der Waals surface area contributed by atoms with Crippen LogP contribution in [0.5, 0.6) is 0 Å². The highest BCUT2D eigenvalue weighted by Crippen LogP contribution is 2.67. The molecule has 4 aliphatic rings. The maximum atomic E-state index is 6.92. The molecule has 0 amide bonds. The summed E-state index contributed by atoms with van der Waals surface area (Å²) in [7, 11) is -3.15. The summed E-state index contributed by atoms with van der Waals surface area (Å²) >= 11 is 0. The quantitative estimate of drug-likeness (QED) is 0.414. The summed E-state index contributed by atoms with van der Waals surface area (Å²) in [5.41, 5.74) is 2.03. The van der Waals surface area contributed by atoms with Crippen molar-refractivity contribution in [1.82, 2.24) is 0 Å². The molecule has 168 valence electrons. The molecule has 2 fully saturated rings. The molecule has 30 heavy (non-hydrogen) atoms. The van der Waals surface area contributed by atoms with Crippen LogP contribution < -0.4 is 0 Å². The van der Waals surface area contributed by atoms with E-state index >= 15 is 0 Å². The van der Waals surface area contributed by atoms with Crippen molar-refractivity contribution in [2.24, 2.45) is 28.6 Å². The lowest BCUT2D eigenvalue weighted by Gasteiger charge is -2.58. The Hall–Kier alpha value is -0.586. The van der Waals surface area contributed by atoms with E-state index in [9.17, 15) is 0 Å². The third-order valence-electron chi connectivity index (χ3n) is 8.82. The average molecular weight is 445 g/mol. The van der Waals surface area contributed by atoms with E-state index in [1.807, 2.05) is 0 Å². The summed E-state index contributed by atoms with van der Waals surface area (Å²) in [6, 6.07) is 0. The molecule has 0 N–H and O–H groups in total. The number of hydrogen-bond donors (Lipinski definition) is 0. The van der Waals surface area contributed by atoms with E-state index in [1.54, 1.807) is 0 Å². The minimum absolute atomic E-state index is 0.0542. The van der Waals surface area contributed by atoms with Crippen molar-refractivity contribution in [1.29, 1.82) is 0 Å². The second-order valence-corrected chi connectivity index (χ2v) is 21.9. The fourth-order valence-corrected chi connectivity index (χ4v) is 9.96. The zero-order chi connectivity index (χ0) is 22.2. The highest BCUT2D eigenvalue weighted by atomic mass is 28.4. The molecule has 4 heteroatoms. The first-order chi connectivity index (χ1) is 13.7. The summed E-state index contributed by atoms with van der Waals surface area (Å²) < 4.78 is 13.2. The molecule has 0 bridgehead atoms. The lowest BCUT2D eigenvalue weighted by molar-refractivity contribution is -0.0964. The van der Waals surface area contributed by atoms with E-state index < -0.39 is 16.6 Å². The summed E-state index contributed by atoms with van der Waals surface area (Å²) in [4.78, 5) is 0. The topological polar surface area (TPSA) is 18.5 Å². The Morgan fingerprint density at radius 3 is 2.20 bits per heavy atom. The van der Waals surface area contributed by atoms with Crippen LogP contribution in [-0.4, -0.2) is 22.2 Å². The molecule has 0 aromatic heterocycles. The van der Waals surface area contributed by atoms with Crippen molar-refractivity contribution in [2.75, 3.05) is 0 Å². The Kier molecular flexibility index (Phi) is 5.24. The Labute approximate surface area is 187 Å². The minimum Gasteiger partial charge on any atom is -0.544 e. The molecule has 4 aliphatic carbocycles. The van der Waals surface area contributed by atoms with Gasteiger partial charge in [-0.3, -0.25) is 0 Å². The van der Waals surface area contributed by atoms with Gasteiger partial charge in [-0.25, -0.2) is 0 Å². The Balaban J connectivity index is 1.62. The van der Waals surface area contributed by atoms with E-state index in [0.717, 1.165) is 23.5 Å². The van der Waals surface area contributed by atoms with Crippen molar-refractivity contribution in [3.8, 4) is 0 Å². The minimum atomic E-state index is -1.58. The first-order valence-corrected chi connectivity index (χ1v) is 19.0. The fourth-order valence-electron chi connectivity index (χ4n) is 7.43. The molecule has 0 aromatic carbocycles. The lowest BCUT2D eigenvalue weighted by atomic mass is 9.48. The van der Waals surface area contributed by atoms with Crippen molar-refractivity contribution < 1.29 is 8.85 Å². The van der Waals surface area contributed by atoms with Crippen molar-refractivity contribution >= 4 is 16.6 Å². The standard InChI is InChI=1S/C26H44O2Si2/c1-24-15-12-20(27-29(4,5)6)18-19(24)10-11-21-22(24)13-16-25(2)23(21)14-17-26(25,3)28-30(7,8)9/h10,12,15,18,21-23H,11,13-14,16-17H2,1-9H3/t21?,22?,23?,24-,25-,26+/m0/s1. The van der Waals surface area contributed by atoms with Gasteiger partial charge < -0.3 is 8.85 Å². The smallest absolute Gasteiger partial charge is 0.242 e. The van der Waals surface area contributed by atoms with Crippen molar-refractivity contribution in [2.45, 2.75) is 97.8 Å². The predicted octanol–water partition coefficient (Wildman–Crippen LogP) is 7.68. The highest BCUT2D eigenvalue weighted by molar-refractivity contribution is 6.70. The normalized spacial score (nSPS) is 43.3. The van der Waals surface area contributed by atoms with Gasteiger partial charge in [0.15, 0.2) is 8.32 Å². The molecule has 0 spiro atoms. The Morgan fingerprint density at radius 1 is 0.900 bits per heavy atom. The third-order valence-corrected chi connectivity index (χ3v) is 10.7. The van der Waals surface area contributed by atoms with E-state index in [4.69, 9.17) is 8.85 Å². The van der Waals surface area contributed by atoms with Gasteiger partial charge in [-0.1, -0.05) is 26.0 Å². The summed E-state index contributed by atoms with van der Waals surface area (Å²) in [5.74, 6) is 3.38. The van der Waals surface area contributed by atoms with Gasteiger partial charge >= 0.3 is 0 Å². The fraction of sp³-hybridized carbons (Fsp3) is 0.769. The molecule has 3 unspecified atom stereocenters. The number of fused-ring (bicyclic) bond motifs is 5. The number of allylic oxidation sites excluding steroid dienone is 5. The van der Waals surface area contributed by atoms with E-state index in [1.165, 1.54) is 37.7 Å². The maximum Gasteiger partial charge on any atom is 0.242 e. The molecule has 6 atom stereocenters. The maximum absolute atomic E-state index is 6.92. The Bertz CT molecular complexity index is 799. The molecule has 0 heterocycles. The van der Waals surface area contributed by atoms with Crippen LogP contribution in [0.3, 0.4) is 0 Å². The van der Waals surface area contributed by atoms with E-state index in [2.05, 4.69) is 84.4 Å². The predicted molar refractivity (Wildman–Crippen MR) is 132 cm³/mol. The van der Waals surface area contributed by atoms with Crippen LogP contribution in [-0.2, 0) is 8.85 Å². The van der Waals surface area contributed by atoms with Gasteiger partial charge in [0.05, 0.1) is 5.60 Å². The molecular formula is C26H44O2Si2. The highest BCUT2D eigenvalue weighted by Gasteiger charge is 2.63. The van der Waals surface area contributed by atoms with Crippen LogP contribution in [0.1, 0.15) is 52.9 Å². The molecule has 4 rings (SSSR count). The Morgan fingerprint density at radius 2 is 1.57 bits per heavy atom. The van der Waals surface area contributed by atoms with E-state index in [0.29, 0.717) is 5.41 Å². The molecule has 0 saturated heterocycles. The van der Waals surface area contributed by atoms with Gasteiger partial charge in [0, 0.05) is 5.41 Å². The largest absolute Gasteiger partial charge is 0.544 e. The molecule has 0 aliphatic heterocycles. The molecule has 2 nitrogen and oxygen atoms in total. The van der Waals surface area contributed by atoms with Gasteiger partial charge in [-0.2, -0.15) is 0 Å². The van der Waals surface area contributed by atoms with Gasteiger partial charge in [0.1, 0.15) is 5.76 Å². The zero-order valence-corrected chi connectivity index (χ0v) is 22.9. The van der Waals surface area contributed by atoms with Crippen molar-refractivity contribution in [3.05, 3.63) is 35.6 Å². The van der Waals surface area contributed by atoms with Crippen molar-refractivity contribution in [3.63, 3.8) is 0 Å². The number of rotatable bonds is 4. The first-order valence-electron chi connectivity index (χ1n) is 12.2. The monoisotopic (exact) mass is 444 g/mol. The molecular weight excluding hydrogens is 400 g/mol. The zero-order valence-electron chi connectivity index (χ0n) is 20.9. The van der Waals surface area contributed by atoms with Gasteiger partial charge in [0.2, 0.25) is 8.32 Å². The number of hydrogen-bond acceptors (Lipinski definition) is 2. The van der Waals surface area contributed by atoms with Crippen LogP contribution in [0.15, 0.2) is 35.6 Å². The lowest BCUT2D eigenvalue weighted by Crippen LogP contribution is -2.55. The SMILES string of the molecule is C[C@]12C=CC(O[Si](C)(C)C)=CC1=CCC1C2CC[C@@]2(C)C1CC[C@@]2(C)O[Si](C)(C)C. The van der Waals surface area contributed by atoms with Crippen LogP contribution in [0.4, 0.5) is 0 Å². The van der Waals surface area contributed by atoms with Crippen LogP contribution in [0.2, 0.25) is 39.3 Å². The summed E-state index contributed by atoms with van der Waals surface area (Å²) in [6.45, 7) is 21.4. The molecule has 0 radical (unpaired) electrons.